The van der Waals surface area contributed by atoms with Crippen molar-refractivity contribution in [2.24, 2.45) is 0 Å². The van der Waals surface area contributed by atoms with Crippen LogP contribution in [0.3, 0.4) is 0 Å². The number of carboxylic acid groups (broad SMARTS) is 1. The minimum atomic E-state index is -1.01. The lowest BCUT2D eigenvalue weighted by Gasteiger charge is -2.18. The van der Waals surface area contributed by atoms with Crippen molar-refractivity contribution < 1.29 is 19.5 Å². The first kappa shape index (κ1) is 17.1. The van der Waals surface area contributed by atoms with Gasteiger partial charge in [0, 0.05) is 27.9 Å². The molecule has 0 saturated heterocycles. The van der Waals surface area contributed by atoms with Crippen LogP contribution in [0.2, 0.25) is 0 Å². The van der Waals surface area contributed by atoms with Gasteiger partial charge in [-0.15, -0.1) is 0 Å². The highest BCUT2D eigenvalue weighted by atomic mass is 32.1. The van der Waals surface area contributed by atoms with Crippen molar-refractivity contribution >= 4 is 39.7 Å². The molecule has 0 amide bonds. The second kappa shape index (κ2) is 6.44. The molecule has 0 fully saturated rings. The van der Waals surface area contributed by atoms with Gasteiger partial charge in [-0.2, -0.15) is 0 Å². The first-order valence-electron chi connectivity index (χ1n) is 8.32. The van der Waals surface area contributed by atoms with Gasteiger partial charge in [0.25, 0.3) is 0 Å². The highest BCUT2D eigenvalue weighted by Gasteiger charge is 2.29. The van der Waals surface area contributed by atoms with E-state index in [2.05, 4.69) is 10.3 Å². The summed E-state index contributed by atoms with van der Waals surface area (Å²) in [5, 5.41) is 12.7. The van der Waals surface area contributed by atoms with E-state index < -0.39 is 5.97 Å². The van der Waals surface area contributed by atoms with Gasteiger partial charge < -0.3 is 10.4 Å². The van der Waals surface area contributed by atoms with Crippen LogP contribution in [0, 0.1) is 0 Å². The number of aryl methyl sites for hydroxylation is 1. The number of carbonyl (C=O) groups is 3. The number of benzene rings is 2. The molecule has 0 radical (unpaired) electrons. The Morgan fingerprint density at radius 2 is 1.67 bits per heavy atom. The fraction of sp³-hybridized carbons (Fsp3) is 0.100. The summed E-state index contributed by atoms with van der Waals surface area (Å²) in [6, 6.07) is 11.7. The summed E-state index contributed by atoms with van der Waals surface area (Å²) in [7, 11) is 0. The van der Waals surface area contributed by atoms with Crippen LogP contribution in [0.25, 0.3) is 0 Å². The van der Waals surface area contributed by atoms with Gasteiger partial charge >= 0.3 is 5.97 Å². The van der Waals surface area contributed by atoms with E-state index in [1.807, 2.05) is 6.92 Å². The summed E-state index contributed by atoms with van der Waals surface area (Å²) in [6.45, 7) is 1.84. The number of hydrogen-bond donors (Lipinski definition) is 2. The molecule has 134 valence electrons. The van der Waals surface area contributed by atoms with Crippen molar-refractivity contribution in [1.29, 1.82) is 0 Å². The number of rotatable bonds is 4. The Morgan fingerprint density at radius 3 is 2.26 bits per heavy atom. The van der Waals surface area contributed by atoms with Gasteiger partial charge in [0.05, 0.1) is 5.69 Å². The van der Waals surface area contributed by atoms with Crippen LogP contribution in [0.15, 0.2) is 42.5 Å². The van der Waals surface area contributed by atoms with Gasteiger partial charge in [0.2, 0.25) is 0 Å². The maximum absolute atomic E-state index is 12.8. The van der Waals surface area contributed by atoms with Crippen molar-refractivity contribution in [1.82, 2.24) is 4.98 Å². The van der Waals surface area contributed by atoms with E-state index in [-0.39, 0.29) is 16.4 Å². The molecule has 2 aromatic carbocycles. The minimum absolute atomic E-state index is 0.178. The van der Waals surface area contributed by atoms with Crippen LogP contribution in [0.5, 0.6) is 0 Å². The summed E-state index contributed by atoms with van der Waals surface area (Å²) < 4.78 is 0. The predicted molar refractivity (Wildman–Crippen MR) is 101 cm³/mol. The maximum Gasteiger partial charge on any atom is 0.347 e. The van der Waals surface area contributed by atoms with Crippen LogP contribution in [0.4, 0.5) is 10.8 Å². The van der Waals surface area contributed by atoms with Crippen LogP contribution in [-0.2, 0) is 6.42 Å². The third-order valence-corrected chi connectivity index (χ3v) is 5.40. The Hall–Kier alpha value is -3.32. The molecule has 0 aliphatic heterocycles. The summed E-state index contributed by atoms with van der Waals surface area (Å²) >= 11 is 1.04. The lowest BCUT2D eigenvalue weighted by atomic mass is 9.84. The minimum Gasteiger partial charge on any atom is -0.477 e. The Kier molecular flexibility index (Phi) is 4.08. The second-order valence-corrected chi connectivity index (χ2v) is 7.04. The summed E-state index contributed by atoms with van der Waals surface area (Å²) in [5.74, 6) is -1.40. The number of carboxylic acids is 1. The van der Waals surface area contributed by atoms with E-state index in [0.29, 0.717) is 45.2 Å². The number of fused-ring (bicyclic) bond motifs is 2. The van der Waals surface area contributed by atoms with Gasteiger partial charge in [0.15, 0.2) is 16.7 Å². The lowest BCUT2D eigenvalue weighted by Crippen LogP contribution is -2.20. The van der Waals surface area contributed by atoms with Crippen molar-refractivity contribution in [3.63, 3.8) is 0 Å². The number of ketones is 2. The lowest BCUT2D eigenvalue weighted by molar-refractivity contribution is 0.0700. The van der Waals surface area contributed by atoms with Crippen LogP contribution in [0.1, 0.15) is 54.1 Å². The van der Waals surface area contributed by atoms with E-state index >= 15 is 0 Å². The highest BCUT2D eigenvalue weighted by Crippen LogP contribution is 2.31. The number of carbonyl (C=O) groups excluding carboxylic acids is 2. The number of thiazole rings is 1. The maximum atomic E-state index is 12.8. The van der Waals surface area contributed by atoms with Gasteiger partial charge in [-0.3, -0.25) is 9.59 Å². The molecule has 1 heterocycles. The Bertz CT molecular complexity index is 1120. The molecule has 7 heteroatoms. The van der Waals surface area contributed by atoms with E-state index in [1.165, 1.54) is 0 Å². The Balaban J connectivity index is 1.71. The standard InChI is InChI=1S/C20H14N2O4S/c1-2-15-18(19(25)26)27-20(22-15)21-10-7-8-13-14(9-10)17(24)12-6-4-3-5-11(12)16(13)23/h3-9H,2H2,1H3,(H,21,22)(H,25,26). The number of anilines is 2. The molecule has 0 atom stereocenters. The average molecular weight is 378 g/mol. The molecular formula is C20H14N2O4S. The predicted octanol–water partition coefficient (Wildman–Crippen LogP) is 3.92. The molecule has 0 bridgehead atoms. The molecular weight excluding hydrogens is 364 g/mol. The number of aromatic nitrogens is 1. The number of aromatic carboxylic acids is 1. The van der Waals surface area contributed by atoms with E-state index in [4.69, 9.17) is 0 Å². The Labute approximate surface area is 158 Å². The molecule has 2 N–H and O–H groups in total. The first-order chi connectivity index (χ1) is 13.0. The van der Waals surface area contributed by atoms with Crippen molar-refractivity contribution in [3.8, 4) is 0 Å². The first-order valence-corrected chi connectivity index (χ1v) is 9.13. The highest BCUT2D eigenvalue weighted by molar-refractivity contribution is 7.17. The van der Waals surface area contributed by atoms with Crippen molar-refractivity contribution in [2.75, 3.05) is 5.32 Å². The largest absolute Gasteiger partial charge is 0.477 e. The summed E-state index contributed by atoms with van der Waals surface area (Å²) in [5.41, 5.74) is 2.58. The molecule has 1 aliphatic rings. The van der Waals surface area contributed by atoms with Crippen LogP contribution in [-0.4, -0.2) is 27.6 Å². The molecule has 27 heavy (non-hydrogen) atoms. The molecule has 3 aromatic rings. The number of nitrogens with zero attached hydrogens (tertiary/aromatic N) is 1. The molecule has 4 rings (SSSR count). The van der Waals surface area contributed by atoms with Crippen molar-refractivity contribution in [3.05, 3.63) is 75.3 Å². The normalized spacial score (nSPS) is 12.5. The molecule has 6 nitrogen and oxygen atoms in total. The third-order valence-electron chi connectivity index (χ3n) is 4.40. The fourth-order valence-electron chi connectivity index (χ4n) is 3.11. The fourth-order valence-corrected chi connectivity index (χ4v) is 4.03. The molecule has 0 saturated carbocycles. The zero-order valence-electron chi connectivity index (χ0n) is 14.3. The molecule has 1 aliphatic carbocycles. The van der Waals surface area contributed by atoms with Crippen LogP contribution >= 0.6 is 11.3 Å². The van der Waals surface area contributed by atoms with Gasteiger partial charge in [0.1, 0.15) is 4.88 Å². The second-order valence-electron chi connectivity index (χ2n) is 6.04. The smallest absolute Gasteiger partial charge is 0.347 e. The van der Waals surface area contributed by atoms with Crippen molar-refractivity contribution in [2.45, 2.75) is 13.3 Å². The van der Waals surface area contributed by atoms with Gasteiger partial charge in [-0.25, -0.2) is 9.78 Å². The van der Waals surface area contributed by atoms with Crippen LogP contribution < -0.4 is 5.32 Å². The third kappa shape index (κ3) is 2.82. The average Bonchev–Trinajstić information content (AvgIpc) is 3.09. The van der Waals surface area contributed by atoms with Gasteiger partial charge in [-0.05, 0) is 24.6 Å². The summed E-state index contributed by atoms with van der Waals surface area (Å²) in [6.07, 6.45) is 0.508. The van der Waals surface area contributed by atoms with Gasteiger partial charge in [-0.1, -0.05) is 42.5 Å². The zero-order chi connectivity index (χ0) is 19.1. The molecule has 1 aromatic heterocycles. The van der Waals surface area contributed by atoms with E-state index in [1.54, 1.807) is 42.5 Å². The van der Waals surface area contributed by atoms with E-state index in [0.717, 1.165) is 11.3 Å². The number of hydrogen-bond acceptors (Lipinski definition) is 6. The Morgan fingerprint density at radius 1 is 1.04 bits per heavy atom. The number of nitrogens with one attached hydrogen (secondary N) is 1. The zero-order valence-corrected chi connectivity index (χ0v) is 15.1. The quantitative estimate of drug-likeness (QED) is 0.559. The molecule has 0 unspecified atom stereocenters. The van der Waals surface area contributed by atoms with E-state index in [9.17, 15) is 19.5 Å². The molecule has 0 spiro atoms. The topological polar surface area (TPSA) is 96.4 Å². The SMILES string of the molecule is CCc1nc(Nc2ccc3c(c2)C(=O)c2ccccc2C3=O)sc1C(=O)O. The summed E-state index contributed by atoms with van der Waals surface area (Å²) in [4.78, 5) is 41.2. The monoisotopic (exact) mass is 378 g/mol.